The zero-order valence-electron chi connectivity index (χ0n) is 18.6. The molecule has 0 aliphatic carbocycles. The zero-order valence-corrected chi connectivity index (χ0v) is 18.6. The lowest BCUT2D eigenvalue weighted by molar-refractivity contribution is -0.118. The fourth-order valence-corrected chi connectivity index (χ4v) is 4.19. The van der Waals surface area contributed by atoms with Crippen LogP contribution >= 0.6 is 0 Å². The lowest BCUT2D eigenvalue weighted by Gasteiger charge is -2.13. The molecule has 33 heavy (non-hydrogen) atoms. The van der Waals surface area contributed by atoms with Gasteiger partial charge in [0.05, 0.1) is 23.4 Å². The highest BCUT2D eigenvalue weighted by atomic mass is 16.5. The number of carbonyl (C=O) groups is 1. The minimum absolute atomic E-state index is 0.0158. The zero-order chi connectivity index (χ0) is 23.1. The van der Waals surface area contributed by atoms with Gasteiger partial charge in [-0.3, -0.25) is 9.79 Å². The normalized spacial score (nSPS) is 14.9. The van der Waals surface area contributed by atoms with Crippen molar-refractivity contribution in [1.82, 2.24) is 15.3 Å². The molecule has 1 atom stereocenters. The summed E-state index contributed by atoms with van der Waals surface area (Å²) in [6.07, 6.45) is 0.954. The van der Waals surface area contributed by atoms with E-state index < -0.39 is 11.9 Å². The summed E-state index contributed by atoms with van der Waals surface area (Å²) in [7, 11) is 0. The van der Waals surface area contributed by atoms with Gasteiger partial charge in [-0.2, -0.15) is 4.98 Å². The number of fused-ring (bicyclic) bond motifs is 3. The number of benzene rings is 2. The molecule has 5 rings (SSSR count). The first-order valence-electron chi connectivity index (χ1n) is 10.8. The van der Waals surface area contributed by atoms with Crippen molar-refractivity contribution in [3.63, 3.8) is 0 Å². The number of hydrogen-bond acceptors (Lipinski definition) is 7. The van der Waals surface area contributed by atoms with Gasteiger partial charge in [0.1, 0.15) is 6.04 Å². The summed E-state index contributed by atoms with van der Waals surface area (Å²) in [6, 6.07) is 13.6. The third-order valence-corrected chi connectivity index (χ3v) is 5.83. The van der Waals surface area contributed by atoms with Crippen molar-refractivity contribution < 1.29 is 13.8 Å². The summed E-state index contributed by atoms with van der Waals surface area (Å²) < 4.78 is 11.1. The van der Waals surface area contributed by atoms with Gasteiger partial charge in [0, 0.05) is 16.7 Å². The van der Waals surface area contributed by atoms with E-state index in [0.29, 0.717) is 17.5 Å². The maximum Gasteiger partial charge on any atom is 0.257 e. The molecule has 8 heteroatoms. The van der Waals surface area contributed by atoms with E-state index >= 15 is 0 Å². The third kappa shape index (κ3) is 3.73. The molecule has 1 unspecified atom stereocenters. The molecular formula is C25H23N5O3. The highest BCUT2D eigenvalue weighted by Crippen LogP contribution is 2.41. The van der Waals surface area contributed by atoms with Crippen LogP contribution in [-0.4, -0.2) is 26.9 Å². The molecule has 0 fully saturated rings. The van der Waals surface area contributed by atoms with Crippen molar-refractivity contribution in [2.75, 3.05) is 0 Å². The molecular weight excluding hydrogens is 418 g/mol. The molecule has 8 nitrogen and oxygen atoms in total. The lowest BCUT2D eigenvalue weighted by atomic mass is 9.91. The van der Waals surface area contributed by atoms with E-state index in [2.05, 4.69) is 34.4 Å². The molecule has 1 amide bonds. The van der Waals surface area contributed by atoms with Crippen molar-refractivity contribution in [2.45, 2.75) is 39.7 Å². The molecule has 3 heterocycles. The first kappa shape index (κ1) is 20.8. The Morgan fingerprint density at radius 2 is 1.76 bits per heavy atom. The van der Waals surface area contributed by atoms with Crippen LogP contribution in [0.4, 0.5) is 0 Å². The minimum Gasteiger partial charge on any atom is -0.370 e. The standard InChI is InChI=1S/C25H23N5O3/c1-4-15-5-7-16(8-6-15)23-19-11-17(25-27-14(3)30-33-25)9-10-18(19)22-13(2)29-32-24(22)20(28-23)12-21(26)31/h5-11,20H,4,12H2,1-3H3,(H2,26,31). The second kappa shape index (κ2) is 8.12. The Hall–Kier alpha value is -4.07. The van der Waals surface area contributed by atoms with Crippen LogP contribution in [-0.2, 0) is 11.2 Å². The molecule has 166 valence electrons. The van der Waals surface area contributed by atoms with Crippen LogP contribution in [0, 0.1) is 13.8 Å². The second-order valence-electron chi connectivity index (χ2n) is 8.13. The molecule has 0 bridgehead atoms. The smallest absolute Gasteiger partial charge is 0.257 e. The Morgan fingerprint density at radius 3 is 2.42 bits per heavy atom. The Morgan fingerprint density at radius 1 is 1.00 bits per heavy atom. The van der Waals surface area contributed by atoms with Gasteiger partial charge >= 0.3 is 0 Å². The first-order valence-corrected chi connectivity index (χ1v) is 10.8. The van der Waals surface area contributed by atoms with Crippen LogP contribution < -0.4 is 5.73 Å². The maximum atomic E-state index is 11.9. The molecule has 2 N–H and O–H groups in total. The number of aliphatic imine (C=N–C) groups is 1. The number of primary amides is 1. The topological polar surface area (TPSA) is 120 Å². The molecule has 0 saturated carbocycles. The van der Waals surface area contributed by atoms with E-state index in [1.807, 2.05) is 37.3 Å². The number of hydrogen-bond donors (Lipinski definition) is 1. The van der Waals surface area contributed by atoms with Gasteiger partial charge in [0.15, 0.2) is 11.6 Å². The van der Waals surface area contributed by atoms with E-state index in [4.69, 9.17) is 19.8 Å². The van der Waals surface area contributed by atoms with Gasteiger partial charge in [0.2, 0.25) is 5.91 Å². The Balaban J connectivity index is 1.77. The van der Waals surface area contributed by atoms with Gasteiger partial charge in [-0.15, -0.1) is 0 Å². The Kier molecular flexibility index (Phi) is 5.12. The highest BCUT2D eigenvalue weighted by Gasteiger charge is 2.31. The van der Waals surface area contributed by atoms with Gasteiger partial charge < -0.3 is 14.8 Å². The molecule has 0 spiro atoms. The van der Waals surface area contributed by atoms with E-state index in [0.717, 1.165) is 45.6 Å². The number of nitrogens with two attached hydrogens (primary N) is 1. The van der Waals surface area contributed by atoms with E-state index in [9.17, 15) is 4.79 Å². The molecule has 1 aliphatic rings. The monoisotopic (exact) mass is 441 g/mol. The highest BCUT2D eigenvalue weighted by molar-refractivity contribution is 6.17. The summed E-state index contributed by atoms with van der Waals surface area (Å²) in [6.45, 7) is 5.77. The van der Waals surface area contributed by atoms with Crippen LogP contribution in [0.1, 0.15) is 53.4 Å². The van der Waals surface area contributed by atoms with Crippen LogP contribution in [0.25, 0.3) is 22.6 Å². The maximum absolute atomic E-state index is 11.9. The average Bonchev–Trinajstić information content (AvgIpc) is 3.38. The summed E-state index contributed by atoms with van der Waals surface area (Å²) in [5.41, 5.74) is 12.6. The predicted molar refractivity (Wildman–Crippen MR) is 123 cm³/mol. The van der Waals surface area contributed by atoms with Crippen molar-refractivity contribution in [1.29, 1.82) is 0 Å². The summed E-state index contributed by atoms with van der Waals surface area (Å²) in [5.74, 6) is 1.06. The molecule has 0 saturated heterocycles. The van der Waals surface area contributed by atoms with Gasteiger partial charge in [-0.25, -0.2) is 0 Å². The minimum atomic E-state index is -0.582. The average molecular weight is 441 g/mol. The third-order valence-electron chi connectivity index (χ3n) is 5.83. The van der Waals surface area contributed by atoms with E-state index in [1.165, 1.54) is 5.56 Å². The summed E-state index contributed by atoms with van der Waals surface area (Å²) in [5, 5.41) is 8.08. The molecule has 2 aromatic carbocycles. The van der Waals surface area contributed by atoms with Crippen LogP contribution in [0.2, 0.25) is 0 Å². The van der Waals surface area contributed by atoms with Crippen molar-refractivity contribution in [3.05, 3.63) is 76.4 Å². The second-order valence-corrected chi connectivity index (χ2v) is 8.13. The quantitative estimate of drug-likeness (QED) is 0.492. The van der Waals surface area contributed by atoms with Crippen LogP contribution in [0.3, 0.4) is 0 Å². The van der Waals surface area contributed by atoms with Crippen LogP contribution in [0.15, 0.2) is 56.5 Å². The molecule has 0 radical (unpaired) electrons. The predicted octanol–water partition coefficient (Wildman–Crippen LogP) is 4.34. The molecule has 1 aliphatic heterocycles. The number of carbonyl (C=O) groups excluding carboxylic acids is 1. The van der Waals surface area contributed by atoms with Crippen molar-refractivity contribution in [2.24, 2.45) is 10.7 Å². The summed E-state index contributed by atoms with van der Waals surface area (Å²) in [4.78, 5) is 21.3. The first-order chi connectivity index (χ1) is 15.9. The number of aromatic nitrogens is 3. The lowest BCUT2D eigenvalue weighted by Crippen LogP contribution is -2.15. The number of amides is 1. The Bertz CT molecular complexity index is 1380. The SMILES string of the molecule is CCc1ccc(C2=NC(CC(N)=O)c3onc(C)c3-c3ccc(-c4nc(C)no4)cc32)cc1. The molecule has 4 aromatic rings. The molecule has 2 aromatic heterocycles. The number of nitrogens with zero attached hydrogens (tertiary/aromatic N) is 4. The van der Waals surface area contributed by atoms with Crippen molar-refractivity contribution >= 4 is 11.6 Å². The summed E-state index contributed by atoms with van der Waals surface area (Å²) >= 11 is 0. The van der Waals surface area contributed by atoms with Crippen molar-refractivity contribution in [3.8, 4) is 22.6 Å². The largest absolute Gasteiger partial charge is 0.370 e. The van der Waals surface area contributed by atoms with Gasteiger partial charge in [-0.1, -0.05) is 47.6 Å². The fraction of sp³-hybridized carbons (Fsp3) is 0.240. The van der Waals surface area contributed by atoms with Crippen LogP contribution in [0.5, 0.6) is 0 Å². The number of rotatable bonds is 5. The Labute approximate surface area is 190 Å². The van der Waals surface area contributed by atoms with E-state index in [-0.39, 0.29) is 6.42 Å². The fourth-order valence-electron chi connectivity index (χ4n) is 4.19. The van der Waals surface area contributed by atoms with E-state index in [1.54, 1.807) is 6.92 Å². The van der Waals surface area contributed by atoms with Gasteiger partial charge in [0.25, 0.3) is 5.89 Å². The number of aryl methyl sites for hydroxylation is 3. The van der Waals surface area contributed by atoms with Gasteiger partial charge in [-0.05, 0) is 43.5 Å².